The van der Waals surface area contributed by atoms with E-state index in [0.717, 1.165) is 16.6 Å². The Morgan fingerprint density at radius 3 is 2.70 bits per heavy atom. The van der Waals surface area contributed by atoms with Gasteiger partial charge in [0.2, 0.25) is 0 Å². The van der Waals surface area contributed by atoms with Gasteiger partial charge in [0.05, 0.1) is 12.1 Å². The van der Waals surface area contributed by atoms with Crippen LogP contribution in [0.4, 0.5) is 0 Å². The second kappa shape index (κ2) is 5.44. The minimum absolute atomic E-state index is 0.109. The van der Waals surface area contributed by atoms with Crippen molar-refractivity contribution < 1.29 is 9.52 Å². The molecule has 0 unspecified atom stereocenters. The maximum absolute atomic E-state index is 9.20. The van der Waals surface area contributed by atoms with Crippen molar-refractivity contribution in [2.45, 2.75) is 13.2 Å². The van der Waals surface area contributed by atoms with Crippen molar-refractivity contribution in [2.75, 3.05) is 0 Å². The predicted octanol–water partition coefficient (Wildman–Crippen LogP) is 3.18. The number of aliphatic hydroxyl groups excluding tert-OH is 1. The number of aryl methyl sites for hydroxylation is 1. The minimum atomic E-state index is -0.109. The van der Waals surface area contributed by atoms with Crippen LogP contribution in [0.1, 0.15) is 11.5 Å². The van der Waals surface area contributed by atoms with E-state index in [2.05, 4.69) is 16.7 Å². The molecule has 23 heavy (non-hydrogen) atoms. The summed E-state index contributed by atoms with van der Waals surface area (Å²) in [4.78, 5) is 0. The number of rotatable bonds is 4. The van der Waals surface area contributed by atoms with Crippen molar-refractivity contribution in [1.29, 1.82) is 0 Å². The molecule has 0 fully saturated rings. The molecule has 0 saturated carbocycles. The molecular formula is C18H17N3O2. The summed E-state index contributed by atoms with van der Waals surface area (Å²) in [5, 5.41) is 15.0. The molecule has 0 radical (unpaired) electrons. The van der Waals surface area contributed by atoms with Crippen LogP contribution in [-0.4, -0.2) is 19.5 Å². The molecule has 0 saturated heterocycles. The van der Waals surface area contributed by atoms with Crippen molar-refractivity contribution >= 4 is 10.9 Å². The maximum atomic E-state index is 9.20. The van der Waals surface area contributed by atoms with Gasteiger partial charge >= 0.3 is 0 Å². The number of hydrogen-bond acceptors (Lipinski definition) is 3. The lowest BCUT2D eigenvalue weighted by atomic mass is 10.2. The molecule has 0 amide bonds. The summed E-state index contributed by atoms with van der Waals surface area (Å²) in [5.41, 5.74) is 3.04. The number of fused-ring (bicyclic) bond motifs is 1. The van der Waals surface area contributed by atoms with E-state index in [1.807, 2.05) is 48.3 Å². The van der Waals surface area contributed by atoms with E-state index in [9.17, 15) is 5.11 Å². The quantitative estimate of drug-likeness (QED) is 0.630. The Morgan fingerprint density at radius 2 is 1.96 bits per heavy atom. The number of benzene rings is 1. The summed E-state index contributed by atoms with van der Waals surface area (Å²) in [6, 6.07) is 15.9. The van der Waals surface area contributed by atoms with Crippen LogP contribution in [0.2, 0.25) is 0 Å². The second-order valence-corrected chi connectivity index (χ2v) is 5.56. The highest BCUT2D eigenvalue weighted by Crippen LogP contribution is 2.29. The molecule has 0 bridgehead atoms. The molecule has 3 heterocycles. The molecule has 0 spiro atoms. The highest BCUT2D eigenvalue weighted by Gasteiger charge is 2.15. The van der Waals surface area contributed by atoms with Crippen LogP contribution in [0, 0.1) is 0 Å². The van der Waals surface area contributed by atoms with Gasteiger partial charge in [-0.25, -0.2) is 0 Å². The van der Waals surface area contributed by atoms with Gasteiger partial charge in [0.25, 0.3) is 0 Å². The van der Waals surface area contributed by atoms with Gasteiger partial charge in [-0.1, -0.05) is 18.2 Å². The number of aliphatic hydroxyl groups is 1. The number of hydrogen-bond donors (Lipinski definition) is 1. The van der Waals surface area contributed by atoms with Crippen molar-refractivity contribution in [3.05, 3.63) is 66.2 Å². The lowest BCUT2D eigenvalue weighted by Gasteiger charge is -2.05. The van der Waals surface area contributed by atoms with E-state index in [-0.39, 0.29) is 6.61 Å². The zero-order valence-corrected chi connectivity index (χ0v) is 12.8. The monoisotopic (exact) mass is 307 g/mol. The fraction of sp³-hybridized carbons (Fsp3) is 0.167. The zero-order valence-electron chi connectivity index (χ0n) is 12.8. The number of nitrogens with zero attached hydrogens (tertiary/aromatic N) is 3. The second-order valence-electron chi connectivity index (χ2n) is 5.56. The van der Waals surface area contributed by atoms with Crippen molar-refractivity contribution in [3.63, 3.8) is 0 Å². The molecule has 4 aromatic rings. The molecule has 116 valence electrons. The summed E-state index contributed by atoms with van der Waals surface area (Å²) in [7, 11) is 2.03. The van der Waals surface area contributed by atoms with E-state index < -0.39 is 0 Å². The fourth-order valence-electron chi connectivity index (χ4n) is 2.83. The van der Waals surface area contributed by atoms with Crippen molar-refractivity contribution in [2.24, 2.45) is 7.05 Å². The summed E-state index contributed by atoms with van der Waals surface area (Å²) < 4.78 is 9.75. The SMILES string of the molecule is Cn1cccc1Cn1nc(-c2ccc(CO)o2)c2ccccc21. The average Bonchev–Trinajstić information content (AvgIpc) is 3.28. The standard InChI is InChI=1S/C18H17N3O2/c1-20-10-4-5-13(20)11-21-16-7-3-2-6-15(16)18(19-21)17-9-8-14(12-22)23-17/h2-10,22H,11-12H2,1H3. The van der Waals surface area contributed by atoms with E-state index in [1.54, 1.807) is 6.07 Å². The molecule has 1 aromatic carbocycles. The van der Waals surface area contributed by atoms with Gasteiger partial charge in [-0.05, 0) is 30.3 Å². The van der Waals surface area contributed by atoms with Gasteiger partial charge in [-0.2, -0.15) is 5.10 Å². The first-order valence-corrected chi connectivity index (χ1v) is 7.52. The van der Waals surface area contributed by atoms with Gasteiger partial charge in [0.1, 0.15) is 18.1 Å². The molecule has 5 heteroatoms. The molecule has 3 aromatic heterocycles. The van der Waals surface area contributed by atoms with Gasteiger partial charge in [0, 0.05) is 24.3 Å². The van der Waals surface area contributed by atoms with E-state index in [0.29, 0.717) is 18.1 Å². The normalized spacial score (nSPS) is 11.4. The first kappa shape index (κ1) is 13.8. The van der Waals surface area contributed by atoms with Crippen LogP contribution in [0.3, 0.4) is 0 Å². The largest absolute Gasteiger partial charge is 0.457 e. The molecule has 0 aliphatic rings. The molecular weight excluding hydrogens is 290 g/mol. The zero-order chi connectivity index (χ0) is 15.8. The minimum Gasteiger partial charge on any atom is -0.457 e. The Bertz CT molecular complexity index is 962. The van der Waals surface area contributed by atoms with E-state index in [1.165, 1.54) is 5.69 Å². The van der Waals surface area contributed by atoms with E-state index in [4.69, 9.17) is 9.52 Å². The van der Waals surface area contributed by atoms with Gasteiger partial charge < -0.3 is 14.1 Å². The van der Waals surface area contributed by atoms with E-state index >= 15 is 0 Å². The van der Waals surface area contributed by atoms with Crippen LogP contribution in [-0.2, 0) is 20.2 Å². The smallest absolute Gasteiger partial charge is 0.155 e. The van der Waals surface area contributed by atoms with Crippen LogP contribution in [0.5, 0.6) is 0 Å². The van der Waals surface area contributed by atoms with Gasteiger partial charge in [-0.15, -0.1) is 0 Å². The molecule has 5 nitrogen and oxygen atoms in total. The van der Waals surface area contributed by atoms with Crippen molar-refractivity contribution in [3.8, 4) is 11.5 Å². The number of aromatic nitrogens is 3. The number of para-hydroxylation sites is 1. The summed E-state index contributed by atoms with van der Waals surface area (Å²) >= 11 is 0. The third-order valence-electron chi connectivity index (χ3n) is 4.07. The van der Waals surface area contributed by atoms with Crippen molar-refractivity contribution in [1.82, 2.24) is 14.3 Å². The Morgan fingerprint density at radius 1 is 1.09 bits per heavy atom. The van der Waals surface area contributed by atoms with Gasteiger partial charge in [0.15, 0.2) is 5.76 Å². The molecule has 4 rings (SSSR count). The van der Waals surface area contributed by atoms with Gasteiger partial charge in [-0.3, -0.25) is 4.68 Å². The highest BCUT2D eigenvalue weighted by atomic mass is 16.4. The number of furan rings is 1. The first-order chi connectivity index (χ1) is 11.3. The van der Waals surface area contributed by atoms with Crippen LogP contribution in [0.15, 0.2) is 59.1 Å². The summed E-state index contributed by atoms with van der Waals surface area (Å²) in [6.07, 6.45) is 2.03. The fourth-order valence-corrected chi connectivity index (χ4v) is 2.83. The Kier molecular flexibility index (Phi) is 3.28. The Balaban J connectivity index is 1.84. The third-order valence-corrected chi connectivity index (χ3v) is 4.07. The third kappa shape index (κ3) is 2.35. The average molecular weight is 307 g/mol. The molecule has 0 aliphatic carbocycles. The summed E-state index contributed by atoms with van der Waals surface area (Å²) in [6.45, 7) is 0.583. The molecule has 0 aliphatic heterocycles. The van der Waals surface area contributed by atoms with Crippen LogP contribution >= 0.6 is 0 Å². The Labute approximate surface area is 133 Å². The molecule has 0 atom stereocenters. The molecule has 1 N–H and O–H groups in total. The van der Waals surface area contributed by atoms with Crippen LogP contribution in [0.25, 0.3) is 22.4 Å². The first-order valence-electron chi connectivity index (χ1n) is 7.52. The lowest BCUT2D eigenvalue weighted by Crippen LogP contribution is -2.05. The lowest BCUT2D eigenvalue weighted by molar-refractivity contribution is 0.248. The Hall–Kier alpha value is -2.79. The van der Waals surface area contributed by atoms with Crippen LogP contribution < -0.4 is 0 Å². The summed E-state index contributed by atoms with van der Waals surface area (Å²) in [5.74, 6) is 1.22. The maximum Gasteiger partial charge on any atom is 0.155 e. The topological polar surface area (TPSA) is 56.1 Å². The highest BCUT2D eigenvalue weighted by molar-refractivity contribution is 5.92. The predicted molar refractivity (Wildman–Crippen MR) is 87.9 cm³/mol.